The third-order valence-corrected chi connectivity index (χ3v) is 1.54. The molecule has 0 aromatic carbocycles. The Hall–Kier alpha value is -0.210. The lowest BCUT2D eigenvalue weighted by Crippen LogP contribution is -1.95. The molecule has 0 radical (unpaired) electrons. The van der Waals surface area contributed by atoms with E-state index in [0.29, 0.717) is 13.2 Å². The van der Waals surface area contributed by atoms with Crippen molar-refractivity contribution in [2.75, 3.05) is 13.2 Å². The fraction of sp³-hybridized carbons (Fsp3) is 0.500. The van der Waals surface area contributed by atoms with Crippen molar-refractivity contribution in [2.45, 2.75) is 13.8 Å². The monoisotopic (exact) mass is 190 g/mol. The third-order valence-electron chi connectivity index (χ3n) is 0.843. The molecule has 0 aliphatic rings. The van der Waals surface area contributed by atoms with Crippen molar-refractivity contribution in [3.8, 4) is 0 Å². The minimum absolute atomic E-state index is 0.332. The predicted octanol–water partition coefficient (Wildman–Crippen LogP) is 2.39. The van der Waals surface area contributed by atoms with Crippen LogP contribution in [0.3, 0.4) is 0 Å². The van der Waals surface area contributed by atoms with Gasteiger partial charge in [-0.2, -0.15) is 0 Å². The second-order valence-corrected chi connectivity index (χ2v) is 3.69. The summed E-state index contributed by atoms with van der Waals surface area (Å²) in [5, 5.41) is 0. The Morgan fingerprint density at radius 1 is 1.17 bits per heavy atom. The first-order valence-corrected chi connectivity index (χ1v) is 4.69. The van der Waals surface area contributed by atoms with Crippen molar-refractivity contribution in [3.63, 3.8) is 0 Å². The lowest BCUT2D eigenvalue weighted by molar-refractivity contribution is 0.225. The van der Waals surface area contributed by atoms with Crippen LogP contribution >= 0.6 is 8.60 Å². The maximum Gasteiger partial charge on any atom is 0.330 e. The van der Waals surface area contributed by atoms with E-state index < -0.39 is 8.60 Å². The topological polar surface area (TPSA) is 38.7 Å². The molecule has 0 aromatic heterocycles. The Balaban J connectivity index is 3.39. The van der Waals surface area contributed by atoms with Gasteiger partial charge in [0, 0.05) is 0 Å². The van der Waals surface area contributed by atoms with Gasteiger partial charge in [0.2, 0.25) is 0 Å². The summed E-state index contributed by atoms with van der Waals surface area (Å²) < 4.78 is 9.82. The highest BCUT2D eigenvalue weighted by Gasteiger charge is 2.05. The average molecular weight is 190 g/mol. The van der Waals surface area contributed by atoms with E-state index in [9.17, 15) is 0 Å². The zero-order valence-electron chi connectivity index (χ0n) is 7.54. The highest BCUT2D eigenvalue weighted by atomic mass is 31.2. The summed E-state index contributed by atoms with van der Waals surface area (Å²) in [6, 6.07) is 0. The van der Waals surface area contributed by atoms with Gasteiger partial charge in [-0.05, 0) is 13.8 Å². The van der Waals surface area contributed by atoms with E-state index in [2.05, 4.69) is 13.2 Å². The average Bonchev–Trinajstić information content (AvgIpc) is 1.96. The van der Waals surface area contributed by atoms with E-state index in [0.717, 1.165) is 11.1 Å². The molecule has 3 nitrogen and oxygen atoms in total. The number of rotatable bonds is 6. The van der Waals surface area contributed by atoms with Gasteiger partial charge in [0.15, 0.2) is 0 Å². The van der Waals surface area contributed by atoms with Crippen LogP contribution in [0, 0.1) is 0 Å². The van der Waals surface area contributed by atoms with Crippen LogP contribution in [-0.4, -0.2) is 18.1 Å². The summed E-state index contributed by atoms with van der Waals surface area (Å²) in [5.74, 6) is 0. The maximum atomic E-state index is 9.09. The van der Waals surface area contributed by atoms with Crippen LogP contribution in [0.4, 0.5) is 0 Å². The fourth-order valence-electron chi connectivity index (χ4n) is 0.368. The van der Waals surface area contributed by atoms with Crippen molar-refractivity contribution in [2.24, 2.45) is 0 Å². The first kappa shape index (κ1) is 11.8. The molecule has 0 spiro atoms. The standard InChI is InChI=1S/C8H15O3P/c1-7(2)5-10-12(9)11-6-8(3)4/h9H,1,3,5-6H2,2,4H3. The van der Waals surface area contributed by atoms with Crippen molar-refractivity contribution >= 4 is 8.60 Å². The molecule has 0 unspecified atom stereocenters. The van der Waals surface area contributed by atoms with Gasteiger partial charge in [-0.15, -0.1) is 0 Å². The molecule has 0 amide bonds. The van der Waals surface area contributed by atoms with Gasteiger partial charge in [-0.1, -0.05) is 24.3 Å². The van der Waals surface area contributed by atoms with E-state index in [-0.39, 0.29) is 0 Å². The van der Waals surface area contributed by atoms with E-state index in [1.54, 1.807) is 0 Å². The molecule has 1 N–H and O–H groups in total. The number of hydrogen-bond acceptors (Lipinski definition) is 3. The molecule has 0 rings (SSSR count). The van der Waals surface area contributed by atoms with Gasteiger partial charge < -0.3 is 13.9 Å². The molecule has 0 atom stereocenters. The summed E-state index contributed by atoms with van der Waals surface area (Å²) in [7, 11) is -1.77. The molecule has 0 aliphatic heterocycles. The quantitative estimate of drug-likeness (QED) is 0.516. The van der Waals surface area contributed by atoms with E-state index >= 15 is 0 Å². The zero-order valence-corrected chi connectivity index (χ0v) is 8.43. The summed E-state index contributed by atoms with van der Waals surface area (Å²) in [6.07, 6.45) is 0. The van der Waals surface area contributed by atoms with Crippen LogP contribution in [0.2, 0.25) is 0 Å². The van der Waals surface area contributed by atoms with Crippen molar-refractivity contribution in [3.05, 3.63) is 24.3 Å². The Kier molecular flexibility index (Phi) is 6.21. The molecule has 70 valence electrons. The molecule has 4 heteroatoms. The molecule has 12 heavy (non-hydrogen) atoms. The smallest absolute Gasteiger partial charge is 0.328 e. The summed E-state index contributed by atoms with van der Waals surface area (Å²) in [5.41, 5.74) is 1.71. The lowest BCUT2D eigenvalue weighted by atomic mass is 10.4. The van der Waals surface area contributed by atoms with Gasteiger partial charge in [-0.25, -0.2) is 0 Å². The molecule has 0 heterocycles. The van der Waals surface area contributed by atoms with Gasteiger partial charge in [0.1, 0.15) is 0 Å². The fourth-order valence-corrected chi connectivity index (χ4v) is 1.10. The van der Waals surface area contributed by atoms with Crippen LogP contribution in [-0.2, 0) is 9.05 Å². The van der Waals surface area contributed by atoms with Gasteiger partial charge in [0.25, 0.3) is 0 Å². The summed E-state index contributed by atoms with van der Waals surface area (Å²) in [4.78, 5) is 9.09. The van der Waals surface area contributed by atoms with Crippen LogP contribution < -0.4 is 0 Å². The molecule has 0 saturated carbocycles. The van der Waals surface area contributed by atoms with E-state index in [1.807, 2.05) is 13.8 Å². The maximum absolute atomic E-state index is 9.09. The van der Waals surface area contributed by atoms with Crippen molar-refractivity contribution < 1.29 is 13.9 Å². The van der Waals surface area contributed by atoms with Crippen LogP contribution in [0.5, 0.6) is 0 Å². The van der Waals surface area contributed by atoms with Crippen molar-refractivity contribution in [1.82, 2.24) is 0 Å². The van der Waals surface area contributed by atoms with Gasteiger partial charge in [-0.3, -0.25) is 0 Å². The minimum Gasteiger partial charge on any atom is -0.328 e. The van der Waals surface area contributed by atoms with Crippen LogP contribution in [0.25, 0.3) is 0 Å². The van der Waals surface area contributed by atoms with Gasteiger partial charge in [0.05, 0.1) is 13.2 Å². The Morgan fingerprint density at radius 3 is 1.75 bits per heavy atom. The van der Waals surface area contributed by atoms with Crippen LogP contribution in [0.15, 0.2) is 24.3 Å². The Bertz CT molecular complexity index is 150. The molecule has 0 aliphatic carbocycles. The second-order valence-electron chi connectivity index (χ2n) is 2.70. The lowest BCUT2D eigenvalue weighted by Gasteiger charge is -2.09. The zero-order chi connectivity index (χ0) is 9.56. The molecular weight excluding hydrogens is 175 g/mol. The Labute approximate surface area is 74.7 Å². The first-order valence-electron chi connectivity index (χ1n) is 3.56. The molecule has 0 fully saturated rings. The largest absolute Gasteiger partial charge is 0.330 e. The summed E-state index contributed by atoms with van der Waals surface area (Å²) >= 11 is 0. The minimum atomic E-state index is -1.77. The molecular formula is C8H15O3P. The second kappa shape index (κ2) is 6.32. The SMILES string of the molecule is C=C(C)COP(O)OCC(=C)C. The predicted molar refractivity (Wildman–Crippen MR) is 50.7 cm³/mol. The first-order chi connectivity index (χ1) is 5.52. The highest BCUT2D eigenvalue weighted by molar-refractivity contribution is 7.40. The third kappa shape index (κ3) is 7.89. The van der Waals surface area contributed by atoms with Crippen LogP contribution in [0.1, 0.15) is 13.8 Å². The molecule has 0 aromatic rings. The van der Waals surface area contributed by atoms with Crippen molar-refractivity contribution in [1.29, 1.82) is 0 Å². The van der Waals surface area contributed by atoms with E-state index in [4.69, 9.17) is 13.9 Å². The Morgan fingerprint density at radius 2 is 1.50 bits per heavy atom. The highest BCUT2D eigenvalue weighted by Crippen LogP contribution is 2.33. The van der Waals surface area contributed by atoms with Gasteiger partial charge >= 0.3 is 8.60 Å². The normalized spacial score (nSPS) is 10.3. The van der Waals surface area contributed by atoms with E-state index in [1.165, 1.54) is 0 Å². The molecule has 0 bridgehead atoms. The molecule has 0 saturated heterocycles. The number of hydrogen-bond donors (Lipinski definition) is 1. The summed E-state index contributed by atoms with van der Waals surface area (Å²) in [6.45, 7) is 11.6.